The Balaban J connectivity index is 1.78. The van der Waals surface area contributed by atoms with Gasteiger partial charge in [-0.3, -0.25) is 4.79 Å². The van der Waals surface area contributed by atoms with Gasteiger partial charge in [0.1, 0.15) is 0 Å². The van der Waals surface area contributed by atoms with Crippen LogP contribution in [0.2, 0.25) is 0 Å². The predicted molar refractivity (Wildman–Crippen MR) is 77.6 cm³/mol. The lowest BCUT2D eigenvalue weighted by Crippen LogP contribution is -2.45. The number of benzene rings is 1. The highest BCUT2D eigenvalue weighted by Gasteiger charge is 2.50. The number of amides is 1. The molecule has 3 rings (SSSR count). The zero-order valence-electron chi connectivity index (χ0n) is 10.3. The molecule has 2 aliphatic rings. The number of fused-ring (bicyclic) bond motifs is 2. The van der Waals surface area contributed by atoms with Crippen LogP contribution >= 0.6 is 22.6 Å². The van der Waals surface area contributed by atoms with Gasteiger partial charge >= 0.3 is 0 Å². The van der Waals surface area contributed by atoms with E-state index in [1.165, 1.54) is 0 Å². The van der Waals surface area contributed by atoms with Crippen LogP contribution in [0, 0.1) is 15.4 Å². The van der Waals surface area contributed by atoms with Crippen molar-refractivity contribution in [2.24, 2.45) is 11.8 Å². The molecule has 0 unspecified atom stereocenters. The van der Waals surface area contributed by atoms with E-state index in [2.05, 4.69) is 27.9 Å². The van der Waals surface area contributed by atoms with Crippen molar-refractivity contribution in [2.75, 3.05) is 5.32 Å². The maximum atomic E-state index is 12.3. The van der Waals surface area contributed by atoms with Crippen LogP contribution < -0.4 is 10.4 Å². The molecule has 1 saturated heterocycles. The molecule has 6 heteroatoms. The molecule has 0 saturated carbocycles. The molecule has 1 aromatic rings. The van der Waals surface area contributed by atoms with Crippen LogP contribution in [-0.4, -0.2) is 24.1 Å². The average Bonchev–Trinajstić information content (AvgIpc) is 3.01. The van der Waals surface area contributed by atoms with E-state index < -0.39 is 30.0 Å². The van der Waals surface area contributed by atoms with Gasteiger partial charge in [0.25, 0.3) is 0 Å². The number of anilines is 1. The molecule has 0 aliphatic carbocycles. The Morgan fingerprint density at radius 3 is 2.30 bits per heavy atom. The Kier molecular flexibility index (Phi) is 3.51. The molecular formula is C14H11INO4-. The summed E-state index contributed by atoms with van der Waals surface area (Å²) in [7, 11) is 0. The normalized spacial score (nSPS) is 30.4. The number of hydrogen-bond donors (Lipinski definition) is 1. The van der Waals surface area contributed by atoms with Gasteiger partial charge in [-0.25, -0.2) is 0 Å². The van der Waals surface area contributed by atoms with Gasteiger partial charge in [-0.15, -0.1) is 0 Å². The van der Waals surface area contributed by atoms with Gasteiger partial charge in [-0.2, -0.15) is 0 Å². The molecule has 1 fully saturated rings. The third-order valence-corrected chi connectivity index (χ3v) is 4.31. The first-order valence-corrected chi connectivity index (χ1v) is 7.25. The minimum atomic E-state index is -1.25. The fraction of sp³-hybridized carbons (Fsp3) is 0.286. The van der Waals surface area contributed by atoms with Gasteiger partial charge in [0, 0.05) is 21.1 Å². The van der Waals surface area contributed by atoms with Crippen molar-refractivity contribution >= 4 is 40.2 Å². The molecule has 0 aromatic heterocycles. The van der Waals surface area contributed by atoms with E-state index in [0.717, 1.165) is 3.57 Å². The second kappa shape index (κ2) is 5.17. The summed E-state index contributed by atoms with van der Waals surface area (Å²) in [6.07, 6.45) is 2.38. The van der Waals surface area contributed by atoms with E-state index in [4.69, 9.17) is 4.74 Å². The smallest absolute Gasteiger partial charge is 0.231 e. The molecule has 2 heterocycles. The second-order valence-corrected chi connectivity index (χ2v) is 6.06. The van der Waals surface area contributed by atoms with E-state index in [0.29, 0.717) is 5.69 Å². The highest BCUT2D eigenvalue weighted by molar-refractivity contribution is 14.1. The lowest BCUT2D eigenvalue weighted by molar-refractivity contribution is -0.313. The number of aliphatic carboxylic acids is 1. The number of rotatable bonds is 3. The van der Waals surface area contributed by atoms with E-state index in [-0.39, 0.29) is 5.91 Å². The third kappa shape index (κ3) is 2.33. The minimum absolute atomic E-state index is 0.350. The van der Waals surface area contributed by atoms with Gasteiger partial charge in [-0.05, 0) is 46.9 Å². The molecule has 4 atom stereocenters. The van der Waals surface area contributed by atoms with Gasteiger partial charge < -0.3 is 20.0 Å². The molecule has 2 aliphatic heterocycles. The summed E-state index contributed by atoms with van der Waals surface area (Å²) in [6, 6.07) is 7.28. The van der Waals surface area contributed by atoms with Crippen LogP contribution in [0.3, 0.4) is 0 Å². The van der Waals surface area contributed by atoms with Crippen molar-refractivity contribution in [3.63, 3.8) is 0 Å². The number of carboxylic acid groups (broad SMARTS) is 1. The van der Waals surface area contributed by atoms with Gasteiger partial charge in [0.15, 0.2) is 0 Å². The van der Waals surface area contributed by atoms with Crippen LogP contribution in [0.1, 0.15) is 0 Å². The zero-order valence-corrected chi connectivity index (χ0v) is 12.4. The van der Waals surface area contributed by atoms with E-state index in [1.54, 1.807) is 24.3 Å². The summed E-state index contributed by atoms with van der Waals surface area (Å²) >= 11 is 2.17. The third-order valence-electron chi connectivity index (χ3n) is 3.59. The number of carbonyl (C=O) groups excluding carboxylic acids is 2. The van der Waals surface area contributed by atoms with Gasteiger partial charge in [0.05, 0.1) is 18.1 Å². The molecule has 0 spiro atoms. The highest BCUT2D eigenvalue weighted by Crippen LogP contribution is 2.39. The van der Waals surface area contributed by atoms with Crippen molar-refractivity contribution in [1.82, 2.24) is 0 Å². The van der Waals surface area contributed by atoms with Crippen LogP contribution in [-0.2, 0) is 14.3 Å². The summed E-state index contributed by atoms with van der Waals surface area (Å²) in [5, 5.41) is 13.9. The Labute approximate surface area is 129 Å². The SMILES string of the molecule is O=C([O-])[C@H]1[C@H](C(=O)Nc2ccc(I)cc2)[C@H]2C=C[C@@H]1O2. The highest BCUT2D eigenvalue weighted by atomic mass is 127. The van der Waals surface area contributed by atoms with Crippen LogP contribution in [0.5, 0.6) is 0 Å². The predicted octanol–water partition coefficient (Wildman–Crippen LogP) is 0.549. The monoisotopic (exact) mass is 384 g/mol. The minimum Gasteiger partial charge on any atom is -0.550 e. The molecule has 1 N–H and O–H groups in total. The first kappa shape index (κ1) is 13.6. The lowest BCUT2D eigenvalue weighted by atomic mass is 9.82. The summed E-state index contributed by atoms with van der Waals surface area (Å²) in [4.78, 5) is 23.5. The maximum absolute atomic E-state index is 12.3. The number of nitrogens with one attached hydrogen (secondary N) is 1. The van der Waals surface area contributed by atoms with E-state index >= 15 is 0 Å². The maximum Gasteiger partial charge on any atom is 0.231 e. The summed E-state index contributed by atoms with van der Waals surface area (Å²) < 4.78 is 6.50. The van der Waals surface area contributed by atoms with Crippen LogP contribution in [0.4, 0.5) is 5.69 Å². The van der Waals surface area contributed by atoms with Crippen molar-refractivity contribution in [1.29, 1.82) is 0 Å². The standard InChI is InChI=1S/C14H12INO4/c15-7-1-3-8(4-2-7)16-13(17)11-9-5-6-10(20-9)12(11)14(18)19/h1-6,9-12H,(H,16,17)(H,18,19)/p-1/t9-,10+,11-,12-/m1/s1. The summed E-state index contributed by atoms with van der Waals surface area (Å²) in [6.45, 7) is 0. The Bertz CT molecular complexity index is 583. The largest absolute Gasteiger partial charge is 0.550 e. The lowest BCUT2D eigenvalue weighted by Gasteiger charge is -2.24. The molecule has 20 heavy (non-hydrogen) atoms. The molecule has 104 valence electrons. The first-order chi connectivity index (χ1) is 9.56. The molecule has 1 aromatic carbocycles. The first-order valence-electron chi connectivity index (χ1n) is 6.17. The van der Waals surface area contributed by atoms with E-state index in [1.807, 2.05) is 12.1 Å². The molecule has 2 bridgehead atoms. The fourth-order valence-corrected chi connectivity index (χ4v) is 3.02. The van der Waals surface area contributed by atoms with Gasteiger partial charge in [0.2, 0.25) is 5.91 Å². The van der Waals surface area contributed by atoms with Crippen molar-refractivity contribution in [3.05, 3.63) is 40.0 Å². The van der Waals surface area contributed by atoms with Crippen molar-refractivity contribution in [3.8, 4) is 0 Å². The van der Waals surface area contributed by atoms with Crippen molar-refractivity contribution < 1.29 is 19.4 Å². The number of halogens is 1. The number of ether oxygens (including phenoxy) is 1. The molecule has 5 nitrogen and oxygen atoms in total. The van der Waals surface area contributed by atoms with E-state index in [9.17, 15) is 14.7 Å². The Morgan fingerprint density at radius 2 is 1.70 bits per heavy atom. The van der Waals surface area contributed by atoms with Crippen molar-refractivity contribution in [2.45, 2.75) is 12.2 Å². The molecular weight excluding hydrogens is 373 g/mol. The van der Waals surface area contributed by atoms with Gasteiger partial charge in [-0.1, -0.05) is 12.2 Å². The van der Waals surface area contributed by atoms with Crippen LogP contribution in [0.25, 0.3) is 0 Å². The summed E-state index contributed by atoms with van der Waals surface area (Å²) in [5.74, 6) is -3.26. The van der Waals surface area contributed by atoms with Crippen LogP contribution in [0.15, 0.2) is 36.4 Å². The number of hydrogen-bond acceptors (Lipinski definition) is 4. The Morgan fingerprint density at radius 1 is 1.10 bits per heavy atom. The second-order valence-electron chi connectivity index (χ2n) is 4.82. The summed E-state index contributed by atoms with van der Waals surface area (Å²) in [5.41, 5.74) is 0.638. The fourth-order valence-electron chi connectivity index (χ4n) is 2.66. The Hall–Kier alpha value is -1.41. The molecule has 1 amide bonds. The number of carbonyl (C=O) groups is 2. The average molecular weight is 384 g/mol. The zero-order chi connectivity index (χ0) is 14.3. The molecule has 0 radical (unpaired) electrons. The quantitative estimate of drug-likeness (QED) is 0.610. The topological polar surface area (TPSA) is 78.5 Å². The number of carboxylic acids is 1.